The summed E-state index contributed by atoms with van der Waals surface area (Å²) < 4.78 is 5.20. The Hall–Kier alpha value is -0.610. The summed E-state index contributed by atoms with van der Waals surface area (Å²) in [5, 5.41) is 0. The number of likely N-dealkylation sites (N-methyl/N-ethyl adjacent to an activating group) is 1. The molecule has 0 radical (unpaired) electrons. The highest BCUT2D eigenvalue weighted by atomic mass is 16.5. The number of hydrogen-bond donors (Lipinski definition) is 1. The normalized spacial score (nSPS) is 24.6. The number of carbonyl (C=O) groups excluding carboxylic acids is 1. The molecule has 100 valence electrons. The molecule has 0 heterocycles. The zero-order valence-corrected chi connectivity index (χ0v) is 11.3. The second-order valence-corrected chi connectivity index (χ2v) is 5.10. The van der Waals surface area contributed by atoms with Crippen molar-refractivity contribution in [3.8, 4) is 0 Å². The van der Waals surface area contributed by atoms with Gasteiger partial charge in [0.05, 0.1) is 12.6 Å². The first-order valence-electron chi connectivity index (χ1n) is 6.72. The van der Waals surface area contributed by atoms with Crippen LogP contribution in [0.25, 0.3) is 0 Å². The van der Waals surface area contributed by atoms with E-state index in [4.69, 9.17) is 10.5 Å². The Balaban J connectivity index is 2.50. The fraction of sp³-hybridized carbons (Fsp3) is 0.923. The number of hydrogen-bond acceptors (Lipinski definition) is 4. The van der Waals surface area contributed by atoms with Crippen LogP contribution in [0.5, 0.6) is 0 Å². The molecule has 0 amide bonds. The first-order chi connectivity index (χ1) is 8.08. The van der Waals surface area contributed by atoms with Crippen LogP contribution in [0.3, 0.4) is 0 Å². The van der Waals surface area contributed by atoms with Crippen LogP contribution in [0.1, 0.15) is 40.0 Å². The number of esters is 1. The van der Waals surface area contributed by atoms with Crippen molar-refractivity contribution in [3.63, 3.8) is 0 Å². The Labute approximate surface area is 104 Å². The minimum Gasteiger partial charge on any atom is -0.462 e. The Bertz CT molecular complexity index is 244. The highest BCUT2D eigenvalue weighted by molar-refractivity contribution is 5.71. The summed E-state index contributed by atoms with van der Waals surface area (Å²) in [7, 11) is 0. The molecule has 4 nitrogen and oxygen atoms in total. The molecule has 2 unspecified atom stereocenters. The van der Waals surface area contributed by atoms with Crippen molar-refractivity contribution < 1.29 is 9.53 Å². The third-order valence-electron chi connectivity index (χ3n) is 3.50. The van der Waals surface area contributed by atoms with Crippen LogP contribution >= 0.6 is 0 Å². The lowest BCUT2D eigenvalue weighted by atomic mass is 10.0. The largest absolute Gasteiger partial charge is 0.462 e. The van der Waals surface area contributed by atoms with E-state index in [9.17, 15) is 4.79 Å². The van der Waals surface area contributed by atoms with Gasteiger partial charge in [-0.15, -0.1) is 0 Å². The molecule has 1 aliphatic carbocycles. The second kappa shape index (κ2) is 6.97. The molecule has 4 heteroatoms. The number of nitrogens with zero attached hydrogens (tertiary/aromatic N) is 1. The fourth-order valence-electron chi connectivity index (χ4n) is 2.70. The summed E-state index contributed by atoms with van der Waals surface area (Å²) in [6.45, 7) is 7.86. The Morgan fingerprint density at radius 3 is 2.71 bits per heavy atom. The van der Waals surface area contributed by atoms with Gasteiger partial charge in [-0.2, -0.15) is 0 Å². The smallest absolute Gasteiger partial charge is 0.320 e. The predicted octanol–water partition coefficient (Wildman–Crippen LogP) is 1.39. The van der Waals surface area contributed by atoms with Crippen molar-refractivity contribution in [3.05, 3.63) is 0 Å². The van der Waals surface area contributed by atoms with Crippen LogP contribution in [0.15, 0.2) is 0 Å². The molecule has 17 heavy (non-hydrogen) atoms. The van der Waals surface area contributed by atoms with E-state index in [0.717, 1.165) is 19.5 Å². The van der Waals surface area contributed by atoms with E-state index in [1.54, 1.807) is 0 Å². The highest BCUT2D eigenvalue weighted by Gasteiger charge is 2.31. The molecule has 0 bridgehead atoms. The summed E-state index contributed by atoms with van der Waals surface area (Å²) >= 11 is 0. The van der Waals surface area contributed by atoms with Gasteiger partial charge in [-0.1, -0.05) is 13.3 Å². The molecule has 0 aromatic heterocycles. The summed E-state index contributed by atoms with van der Waals surface area (Å²) in [5.74, 6) is 0.423. The van der Waals surface area contributed by atoms with Crippen LogP contribution in [0.4, 0.5) is 0 Å². The van der Waals surface area contributed by atoms with Crippen molar-refractivity contribution >= 4 is 5.97 Å². The summed E-state index contributed by atoms with van der Waals surface area (Å²) in [6.07, 6.45) is 3.54. The second-order valence-electron chi connectivity index (χ2n) is 5.10. The molecular weight excluding hydrogens is 216 g/mol. The maximum absolute atomic E-state index is 11.7. The lowest BCUT2D eigenvalue weighted by molar-refractivity contribution is -0.149. The van der Waals surface area contributed by atoms with Gasteiger partial charge in [0.15, 0.2) is 0 Å². The van der Waals surface area contributed by atoms with E-state index in [1.807, 2.05) is 13.8 Å². The maximum atomic E-state index is 11.7. The summed E-state index contributed by atoms with van der Waals surface area (Å²) in [6, 6.07) is 0.463. The van der Waals surface area contributed by atoms with Crippen molar-refractivity contribution in [1.29, 1.82) is 0 Å². The molecule has 0 aliphatic heterocycles. The first-order valence-corrected chi connectivity index (χ1v) is 6.72. The van der Waals surface area contributed by atoms with Crippen molar-refractivity contribution in [1.82, 2.24) is 4.90 Å². The van der Waals surface area contributed by atoms with E-state index < -0.39 is 0 Å². The highest BCUT2D eigenvalue weighted by Crippen LogP contribution is 2.29. The minimum atomic E-state index is -0.121. The average molecular weight is 242 g/mol. The van der Waals surface area contributed by atoms with Gasteiger partial charge in [0.25, 0.3) is 0 Å². The monoisotopic (exact) mass is 242 g/mol. The first kappa shape index (κ1) is 14.5. The van der Waals surface area contributed by atoms with E-state index in [2.05, 4.69) is 11.8 Å². The third-order valence-corrected chi connectivity index (χ3v) is 3.50. The van der Waals surface area contributed by atoms with Gasteiger partial charge in [-0.3, -0.25) is 9.69 Å². The average Bonchev–Trinajstić information content (AvgIpc) is 2.72. The predicted molar refractivity (Wildman–Crippen MR) is 68.7 cm³/mol. The molecule has 1 fully saturated rings. The number of carbonyl (C=O) groups is 1. The van der Waals surface area contributed by atoms with E-state index in [0.29, 0.717) is 18.5 Å². The van der Waals surface area contributed by atoms with Crippen LogP contribution < -0.4 is 5.73 Å². The number of nitrogens with two attached hydrogens (primary N) is 1. The number of rotatable bonds is 6. The van der Waals surface area contributed by atoms with Gasteiger partial charge >= 0.3 is 5.97 Å². The molecule has 2 atom stereocenters. The van der Waals surface area contributed by atoms with Gasteiger partial charge in [-0.05, 0) is 45.7 Å². The SMILES string of the molecule is CCN(CC(=O)OC(C)C)C1CCCC1CN. The van der Waals surface area contributed by atoms with Crippen LogP contribution in [0, 0.1) is 5.92 Å². The fourth-order valence-corrected chi connectivity index (χ4v) is 2.70. The summed E-state index contributed by atoms with van der Waals surface area (Å²) in [4.78, 5) is 13.9. The summed E-state index contributed by atoms with van der Waals surface area (Å²) in [5.41, 5.74) is 5.79. The van der Waals surface area contributed by atoms with Crippen LogP contribution in [-0.2, 0) is 9.53 Å². The van der Waals surface area contributed by atoms with Gasteiger partial charge in [-0.25, -0.2) is 0 Å². The van der Waals surface area contributed by atoms with Crippen LogP contribution in [0.2, 0.25) is 0 Å². The van der Waals surface area contributed by atoms with Gasteiger partial charge in [0, 0.05) is 6.04 Å². The molecule has 0 aromatic rings. The lowest BCUT2D eigenvalue weighted by Gasteiger charge is -2.31. The lowest BCUT2D eigenvalue weighted by Crippen LogP contribution is -2.43. The molecule has 0 spiro atoms. The Morgan fingerprint density at radius 2 is 2.18 bits per heavy atom. The van der Waals surface area contributed by atoms with Crippen molar-refractivity contribution in [2.24, 2.45) is 11.7 Å². The van der Waals surface area contributed by atoms with Crippen molar-refractivity contribution in [2.45, 2.75) is 52.2 Å². The molecule has 0 saturated heterocycles. The standard InChI is InChI=1S/C13H26N2O2/c1-4-15(9-13(16)17-10(2)3)12-7-5-6-11(12)8-14/h10-12H,4-9,14H2,1-3H3. The van der Waals surface area contributed by atoms with E-state index >= 15 is 0 Å². The quantitative estimate of drug-likeness (QED) is 0.715. The molecular formula is C13H26N2O2. The van der Waals surface area contributed by atoms with Gasteiger partial charge in [0.2, 0.25) is 0 Å². The number of ether oxygens (including phenoxy) is 1. The topological polar surface area (TPSA) is 55.6 Å². The molecule has 2 N–H and O–H groups in total. The minimum absolute atomic E-state index is 0.0323. The zero-order valence-electron chi connectivity index (χ0n) is 11.3. The molecule has 1 aliphatic rings. The van der Waals surface area contributed by atoms with Crippen LogP contribution in [-0.4, -0.2) is 42.6 Å². The third kappa shape index (κ3) is 4.28. The Kier molecular flexibility index (Phi) is 5.92. The van der Waals surface area contributed by atoms with Gasteiger partial charge in [0.1, 0.15) is 0 Å². The molecule has 0 aromatic carbocycles. The Morgan fingerprint density at radius 1 is 1.47 bits per heavy atom. The van der Waals surface area contributed by atoms with Crippen molar-refractivity contribution in [2.75, 3.05) is 19.6 Å². The molecule has 1 rings (SSSR count). The zero-order chi connectivity index (χ0) is 12.8. The van der Waals surface area contributed by atoms with E-state index in [1.165, 1.54) is 12.8 Å². The molecule has 1 saturated carbocycles. The van der Waals surface area contributed by atoms with E-state index in [-0.39, 0.29) is 12.1 Å². The van der Waals surface area contributed by atoms with Gasteiger partial charge < -0.3 is 10.5 Å². The maximum Gasteiger partial charge on any atom is 0.320 e.